The summed E-state index contributed by atoms with van der Waals surface area (Å²) in [6.45, 7) is 4.22. The fraction of sp³-hybridized carbons (Fsp3) is 0.353. The molecule has 1 aliphatic heterocycles. The molecule has 2 heterocycles. The van der Waals surface area contributed by atoms with E-state index in [0.29, 0.717) is 6.04 Å². The minimum atomic E-state index is 0.424. The monoisotopic (exact) mass is 333 g/mol. The number of nitrogens with zero attached hydrogens (tertiary/aromatic N) is 2. The van der Waals surface area contributed by atoms with Gasteiger partial charge in [0, 0.05) is 60.3 Å². The smallest absolute Gasteiger partial charge is 0.0488 e. The predicted octanol–water partition coefficient (Wildman–Crippen LogP) is 3.47. The fourth-order valence-corrected chi connectivity index (χ4v) is 3.74. The molecule has 3 nitrogen and oxygen atoms in total. The molecule has 22 heavy (non-hydrogen) atoms. The van der Waals surface area contributed by atoms with E-state index in [0.717, 1.165) is 37.0 Å². The summed E-state index contributed by atoms with van der Waals surface area (Å²) in [6.07, 6.45) is 3.82. The number of halogens is 1. The summed E-state index contributed by atoms with van der Waals surface area (Å²) in [5.74, 6) is 1.08. The second-order valence-electron chi connectivity index (χ2n) is 5.34. The first-order valence-corrected chi connectivity index (χ1v) is 8.92. The van der Waals surface area contributed by atoms with E-state index >= 15 is 0 Å². The topological polar surface area (TPSA) is 28.2 Å². The Morgan fingerprint density at radius 3 is 2.91 bits per heavy atom. The number of nitrogens with one attached hydrogen (secondary N) is 1. The number of piperazine rings is 1. The van der Waals surface area contributed by atoms with Crippen LogP contribution in [0.25, 0.3) is 0 Å². The number of aromatic nitrogens is 1. The molecule has 1 aliphatic rings. The van der Waals surface area contributed by atoms with Crippen molar-refractivity contribution >= 4 is 23.4 Å². The summed E-state index contributed by atoms with van der Waals surface area (Å²) in [5, 5.41) is 4.28. The van der Waals surface area contributed by atoms with Crippen molar-refractivity contribution in [1.82, 2.24) is 15.2 Å². The Balaban J connectivity index is 1.56. The van der Waals surface area contributed by atoms with Gasteiger partial charge in [0.05, 0.1) is 0 Å². The number of thioether (sulfide) groups is 1. The Morgan fingerprint density at radius 2 is 2.14 bits per heavy atom. The maximum atomic E-state index is 5.92. The van der Waals surface area contributed by atoms with Gasteiger partial charge >= 0.3 is 0 Å². The zero-order chi connectivity index (χ0) is 15.2. The van der Waals surface area contributed by atoms with Crippen LogP contribution in [0.3, 0.4) is 0 Å². The highest BCUT2D eigenvalue weighted by molar-refractivity contribution is 7.99. The molecule has 0 radical (unpaired) electrons. The summed E-state index contributed by atoms with van der Waals surface area (Å²) < 4.78 is 0. The molecule has 1 unspecified atom stereocenters. The molecule has 0 amide bonds. The summed E-state index contributed by atoms with van der Waals surface area (Å²) >= 11 is 7.81. The maximum absolute atomic E-state index is 5.92. The molecule has 0 aliphatic carbocycles. The third-order valence-corrected chi connectivity index (χ3v) is 5.13. The molecule has 1 fully saturated rings. The van der Waals surface area contributed by atoms with E-state index in [1.807, 2.05) is 42.4 Å². The highest BCUT2D eigenvalue weighted by Gasteiger charge is 2.23. The van der Waals surface area contributed by atoms with Gasteiger partial charge in [0.2, 0.25) is 0 Å². The fourth-order valence-electron chi connectivity index (χ4n) is 2.73. The molecule has 0 spiro atoms. The molecule has 1 aromatic heterocycles. The summed E-state index contributed by atoms with van der Waals surface area (Å²) in [4.78, 5) is 8.09. The Hall–Kier alpha value is -1.07. The molecule has 1 atom stereocenters. The lowest BCUT2D eigenvalue weighted by Gasteiger charge is -2.36. The van der Waals surface area contributed by atoms with Crippen molar-refractivity contribution in [2.75, 3.05) is 31.9 Å². The Labute approximate surface area is 141 Å². The number of hydrogen-bond acceptors (Lipinski definition) is 4. The molecule has 2 aromatic rings. The van der Waals surface area contributed by atoms with Crippen LogP contribution in [0.1, 0.15) is 11.6 Å². The van der Waals surface area contributed by atoms with Crippen LogP contribution in [-0.2, 0) is 0 Å². The first-order chi connectivity index (χ1) is 10.8. The van der Waals surface area contributed by atoms with Crippen LogP contribution < -0.4 is 5.32 Å². The Morgan fingerprint density at radius 1 is 1.27 bits per heavy atom. The van der Waals surface area contributed by atoms with Crippen LogP contribution in [0, 0.1) is 0 Å². The lowest BCUT2D eigenvalue weighted by atomic mass is 10.1. The van der Waals surface area contributed by atoms with E-state index in [2.05, 4.69) is 33.4 Å². The molecule has 0 saturated carbocycles. The largest absolute Gasteiger partial charge is 0.314 e. The van der Waals surface area contributed by atoms with E-state index in [4.69, 9.17) is 11.6 Å². The van der Waals surface area contributed by atoms with Crippen molar-refractivity contribution in [2.24, 2.45) is 0 Å². The van der Waals surface area contributed by atoms with Crippen molar-refractivity contribution in [3.63, 3.8) is 0 Å². The standard InChI is InChI=1S/C17H20ClN3S/c18-15-3-5-16(6-4-15)22-11-10-21-9-8-20-13-17(21)14-2-1-7-19-12-14/h1-7,12,17,20H,8-11,13H2. The highest BCUT2D eigenvalue weighted by Crippen LogP contribution is 2.24. The van der Waals surface area contributed by atoms with E-state index < -0.39 is 0 Å². The van der Waals surface area contributed by atoms with Gasteiger partial charge in [-0.05, 0) is 35.9 Å². The summed E-state index contributed by atoms with van der Waals surface area (Å²) in [6, 6.07) is 12.7. The SMILES string of the molecule is Clc1ccc(SCCN2CCNCC2c2cccnc2)cc1. The van der Waals surface area contributed by atoms with Crippen molar-refractivity contribution in [1.29, 1.82) is 0 Å². The van der Waals surface area contributed by atoms with Gasteiger partial charge in [-0.25, -0.2) is 0 Å². The van der Waals surface area contributed by atoms with Crippen molar-refractivity contribution in [2.45, 2.75) is 10.9 Å². The molecule has 1 N–H and O–H groups in total. The molecular formula is C17H20ClN3S. The summed E-state index contributed by atoms with van der Waals surface area (Å²) in [5.41, 5.74) is 1.30. The number of benzene rings is 1. The van der Waals surface area contributed by atoms with Crippen molar-refractivity contribution in [3.8, 4) is 0 Å². The van der Waals surface area contributed by atoms with Gasteiger partial charge in [-0.1, -0.05) is 17.7 Å². The first-order valence-electron chi connectivity index (χ1n) is 7.56. The lowest BCUT2D eigenvalue weighted by Crippen LogP contribution is -2.46. The second-order valence-corrected chi connectivity index (χ2v) is 6.95. The quantitative estimate of drug-likeness (QED) is 0.848. The van der Waals surface area contributed by atoms with Crippen LogP contribution in [0.5, 0.6) is 0 Å². The molecule has 1 aromatic carbocycles. The Bertz CT molecular complexity index is 576. The van der Waals surface area contributed by atoms with E-state index in [1.165, 1.54) is 10.5 Å². The van der Waals surface area contributed by atoms with Crippen molar-refractivity contribution < 1.29 is 0 Å². The summed E-state index contributed by atoms with van der Waals surface area (Å²) in [7, 11) is 0. The highest BCUT2D eigenvalue weighted by atomic mass is 35.5. The van der Waals surface area contributed by atoms with Gasteiger partial charge < -0.3 is 5.32 Å². The lowest BCUT2D eigenvalue weighted by molar-refractivity contribution is 0.172. The van der Waals surface area contributed by atoms with E-state index in [-0.39, 0.29) is 0 Å². The zero-order valence-electron chi connectivity index (χ0n) is 12.4. The molecule has 1 saturated heterocycles. The number of hydrogen-bond donors (Lipinski definition) is 1. The van der Waals surface area contributed by atoms with Gasteiger partial charge in [0.15, 0.2) is 0 Å². The zero-order valence-corrected chi connectivity index (χ0v) is 14.0. The average molecular weight is 334 g/mol. The average Bonchev–Trinajstić information content (AvgIpc) is 2.58. The molecule has 3 rings (SSSR count). The van der Waals surface area contributed by atoms with E-state index in [1.54, 1.807) is 0 Å². The second kappa shape index (κ2) is 7.97. The van der Waals surface area contributed by atoms with Gasteiger partial charge in [0.25, 0.3) is 0 Å². The Kier molecular flexibility index (Phi) is 5.73. The molecule has 116 valence electrons. The predicted molar refractivity (Wildman–Crippen MR) is 93.6 cm³/mol. The van der Waals surface area contributed by atoms with Crippen LogP contribution >= 0.6 is 23.4 Å². The van der Waals surface area contributed by atoms with E-state index in [9.17, 15) is 0 Å². The molecule has 5 heteroatoms. The third-order valence-electron chi connectivity index (χ3n) is 3.88. The minimum Gasteiger partial charge on any atom is -0.314 e. The van der Waals surface area contributed by atoms with Crippen LogP contribution in [0.15, 0.2) is 53.7 Å². The molecule has 0 bridgehead atoms. The van der Waals surface area contributed by atoms with Gasteiger partial charge in [-0.15, -0.1) is 11.8 Å². The third kappa shape index (κ3) is 4.23. The molecular weight excluding hydrogens is 314 g/mol. The van der Waals surface area contributed by atoms with Crippen LogP contribution in [0.2, 0.25) is 5.02 Å². The minimum absolute atomic E-state index is 0.424. The number of rotatable bonds is 5. The number of pyridine rings is 1. The maximum Gasteiger partial charge on any atom is 0.0488 e. The van der Waals surface area contributed by atoms with Crippen LogP contribution in [-0.4, -0.2) is 41.8 Å². The van der Waals surface area contributed by atoms with Gasteiger partial charge in [-0.2, -0.15) is 0 Å². The van der Waals surface area contributed by atoms with Gasteiger partial charge in [-0.3, -0.25) is 9.88 Å². The normalized spacial score (nSPS) is 19.2. The van der Waals surface area contributed by atoms with Crippen LogP contribution in [0.4, 0.5) is 0 Å². The first kappa shape index (κ1) is 15.8. The van der Waals surface area contributed by atoms with Crippen molar-refractivity contribution in [3.05, 3.63) is 59.4 Å². The van der Waals surface area contributed by atoms with Gasteiger partial charge in [0.1, 0.15) is 0 Å².